The van der Waals surface area contributed by atoms with Gasteiger partial charge in [-0.1, -0.05) is 0 Å². The molecule has 1 fully saturated rings. The van der Waals surface area contributed by atoms with Crippen LogP contribution in [0.5, 0.6) is 0 Å². The van der Waals surface area contributed by atoms with Crippen molar-refractivity contribution in [1.29, 1.82) is 0 Å². The van der Waals surface area contributed by atoms with Crippen molar-refractivity contribution in [3.63, 3.8) is 0 Å². The Morgan fingerprint density at radius 1 is 1.58 bits per heavy atom. The van der Waals surface area contributed by atoms with Crippen molar-refractivity contribution in [2.75, 3.05) is 30.3 Å². The van der Waals surface area contributed by atoms with Crippen molar-refractivity contribution in [3.8, 4) is 0 Å². The van der Waals surface area contributed by atoms with Gasteiger partial charge in [0, 0.05) is 25.3 Å². The third-order valence-corrected chi connectivity index (χ3v) is 3.40. The molecule has 104 valence electrons. The molecule has 1 heterocycles. The van der Waals surface area contributed by atoms with Gasteiger partial charge in [0.15, 0.2) is 0 Å². The lowest BCUT2D eigenvalue weighted by molar-refractivity contribution is 0.0696. The van der Waals surface area contributed by atoms with E-state index in [2.05, 4.69) is 5.32 Å². The molecule has 0 saturated carbocycles. The Labute approximate surface area is 111 Å². The quantitative estimate of drug-likeness (QED) is 0.580. The maximum Gasteiger partial charge on any atom is 0.337 e. The summed E-state index contributed by atoms with van der Waals surface area (Å²) in [5, 5.41) is 22.3. The fraction of sp³-hybridized carbons (Fsp3) is 0.462. The number of carboxylic acid groups (broad SMARTS) is 1. The van der Waals surface area contributed by atoms with Crippen LogP contribution < -0.4 is 16.0 Å². The predicted molar refractivity (Wildman–Crippen MR) is 73.5 cm³/mol. The molecule has 1 aliphatic rings. The lowest BCUT2D eigenvalue weighted by Crippen LogP contribution is -2.56. The Kier molecular flexibility index (Phi) is 3.92. The minimum absolute atomic E-state index is 0.143. The highest BCUT2D eigenvalue weighted by atomic mass is 16.4. The number of aliphatic hydroxyl groups excluding tert-OH is 1. The van der Waals surface area contributed by atoms with E-state index in [1.165, 1.54) is 6.07 Å². The predicted octanol–water partition coefficient (Wildman–Crippen LogP) is 0.126. The van der Waals surface area contributed by atoms with E-state index in [1.807, 2.05) is 4.90 Å². The molecule has 0 aliphatic carbocycles. The van der Waals surface area contributed by atoms with Crippen LogP contribution in [0.1, 0.15) is 17.3 Å². The van der Waals surface area contributed by atoms with E-state index in [9.17, 15) is 15.0 Å². The van der Waals surface area contributed by atoms with E-state index in [1.54, 1.807) is 19.1 Å². The van der Waals surface area contributed by atoms with Gasteiger partial charge in [0.2, 0.25) is 0 Å². The third kappa shape index (κ3) is 2.80. The first-order valence-electron chi connectivity index (χ1n) is 6.29. The third-order valence-electron chi connectivity index (χ3n) is 3.40. The van der Waals surface area contributed by atoms with Crippen molar-refractivity contribution in [3.05, 3.63) is 23.8 Å². The molecule has 5 N–H and O–H groups in total. The standard InChI is InChI=1S/C13H19N3O3/c1-8(17)12-7-15-4-5-16(12)11-3-2-9(14)6-10(11)13(18)19/h2-3,6,8,12,15,17H,4-5,7,14H2,1H3,(H,18,19). The second kappa shape index (κ2) is 5.46. The number of aliphatic hydroxyl groups is 1. The van der Waals surface area contributed by atoms with Gasteiger partial charge < -0.3 is 26.2 Å². The number of benzene rings is 1. The van der Waals surface area contributed by atoms with Gasteiger partial charge in [0.1, 0.15) is 0 Å². The molecule has 6 nitrogen and oxygen atoms in total. The van der Waals surface area contributed by atoms with Crippen LogP contribution in [0.15, 0.2) is 18.2 Å². The van der Waals surface area contributed by atoms with Crippen LogP contribution in [-0.2, 0) is 0 Å². The van der Waals surface area contributed by atoms with Gasteiger partial charge in [-0.25, -0.2) is 4.79 Å². The fourth-order valence-electron chi connectivity index (χ4n) is 2.43. The molecule has 0 bridgehead atoms. The minimum atomic E-state index is -1.01. The molecule has 1 aromatic rings. The van der Waals surface area contributed by atoms with Crippen molar-refractivity contribution in [2.24, 2.45) is 0 Å². The highest BCUT2D eigenvalue weighted by Crippen LogP contribution is 2.26. The van der Waals surface area contributed by atoms with Crippen LogP contribution in [0.4, 0.5) is 11.4 Å². The van der Waals surface area contributed by atoms with E-state index in [0.717, 1.165) is 6.54 Å². The van der Waals surface area contributed by atoms with Gasteiger partial charge in [-0.2, -0.15) is 0 Å². The molecular formula is C13H19N3O3. The molecule has 1 saturated heterocycles. The SMILES string of the molecule is CC(O)C1CNCCN1c1ccc(N)cc1C(=O)O. The Bertz CT molecular complexity index is 476. The second-order valence-corrected chi connectivity index (χ2v) is 4.79. The van der Waals surface area contributed by atoms with Crippen LogP contribution in [0.3, 0.4) is 0 Å². The molecule has 0 spiro atoms. The average molecular weight is 265 g/mol. The molecule has 6 heteroatoms. The Hall–Kier alpha value is -1.79. The summed E-state index contributed by atoms with van der Waals surface area (Å²) in [4.78, 5) is 13.3. The van der Waals surface area contributed by atoms with Gasteiger partial charge >= 0.3 is 5.97 Å². The molecule has 2 unspecified atom stereocenters. The largest absolute Gasteiger partial charge is 0.478 e. The molecule has 1 aliphatic heterocycles. The molecule has 2 atom stereocenters. The normalized spacial score (nSPS) is 21.2. The summed E-state index contributed by atoms with van der Waals surface area (Å²) in [5.74, 6) is -1.01. The molecule has 0 aromatic heterocycles. The van der Waals surface area contributed by atoms with Gasteiger partial charge in [-0.3, -0.25) is 0 Å². The summed E-state index contributed by atoms with van der Waals surface area (Å²) in [6.45, 7) is 3.75. The monoisotopic (exact) mass is 265 g/mol. The molecule has 0 radical (unpaired) electrons. The number of rotatable bonds is 3. The molecule has 0 amide bonds. The van der Waals surface area contributed by atoms with Gasteiger partial charge in [-0.05, 0) is 25.1 Å². The summed E-state index contributed by atoms with van der Waals surface area (Å²) in [6.07, 6.45) is -0.549. The number of carboxylic acids is 1. The molecule has 2 rings (SSSR count). The number of aromatic carboxylic acids is 1. The van der Waals surface area contributed by atoms with Crippen molar-refractivity contribution in [1.82, 2.24) is 5.32 Å². The Morgan fingerprint density at radius 2 is 2.32 bits per heavy atom. The topological polar surface area (TPSA) is 98.8 Å². The molecule has 19 heavy (non-hydrogen) atoms. The van der Waals surface area contributed by atoms with Crippen LogP contribution in [0, 0.1) is 0 Å². The highest BCUT2D eigenvalue weighted by molar-refractivity contribution is 5.95. The smallest absolute Gasteiger partial charge is 0.337 e. The fourth-order valence-corrected chi connectivity index (χ4v) is 2.43. The van der Waals surface area contributed by atoms with Crippen molar-refractivity contribution in [2.45, 2.75) is 19.1 Å². The number of hydrogen-bond donors (Lipinski definition) is 4. The molecular weight excluding hydrogens is 246 g/mol. The lowest BCUT2D eigenvalue weighted by atomic mass is 10.0. The maximum atomic E-state index is 11.3. The van der Waals surface area contributed by atoms with Crippen LogP contribution in [0.2, 0.25) is 0 Å². The zero-order valence-electron chi connectivity index (χ0n) is 10.8. The summed E-state index contributed by atoms with van der Waals surface area (Å²) in [6, 6.07) is 4.71. The lowest BCUT2D eigenvalue weighted by Gasteiger charge is -2.40. The first-order valence-corrected chi connectivity index (χ1v) is 6.29. The van der Waals surface area contributed by atoms with Gasteiger partial charge in [-0.15, -0.1) is 0 Å². The highest BCUT2D eigenvalue weighted by Gasteiger charge is 2.28. The Balaban J connectivity index is 2.41. The van der Waals surface area contributed by atoms with Crippen LogP contribution >= 0.6 is 0 Å². The number of nitrogens with one attached hydrogen (secondary N) is 1. The van der Waals surface area contributed by atoms with Crippen molar-refractivity contribution >= 4 is 17.3 Å². The minimum Gasteiger partial charge on any atom is -0.478 e. The number of nitrogens with zero attached hydrogens (tertiary/aromatic N) is 1. The molecule has 1 aromatic carbocycles. The zero-order chi connectivity index (χ0) is 14.0. The average Bonchev–Trinajstić information content (AvgIpc) is 2.38. The summed E-state index contributed by atoms with van der Waals surface area (Å²) in [5.41, 5.74) is 6.85. The number of nitrogens with two attached hydrogens (primary N) is 1. The number of piperazine rings is 1. The number of hydrogen-bond acceptors (Lipinski definition) is 5. The summed E-state index contributed by atoms with van der Waals surface area (Å²) >= 11 is 0. The summed E-state index contributed by atoms with van der Waals surface area (Å²) < 4.78 is 0. The van der Waals surface area contributed by atoms with Gasteiger partial charge in [0.25, 0.3) is 0 Å². The van der Waals surface area contributed by atoms with Crippen molar-refractivity contribution < 1.29 is 15.0 Å². The van der Waals surface area contributed by atoms with E-state index in [0.29, 0.717) is 24.5 Å². The van der Waals surface area contributed by atoms with E-state index < -0.39 is 12.1 Å². The number of anilines is 2. The maximum absolute atomic E-state index is 11.3. The summed E-state index contributed by atoms with van der Waals surface area (Å²) in [7, 11) is 0. The Morgan fingerprint density at radius 3 is 2.95 bits per heavy atom. The van der Waals surface area contributed by atoms with E-state index in [-0.39, 0.29) is 11.6 Å². The zero-order valence-corrected chi connectivity index (χ0v) is 10.8. The van der Waals surface area contributed by atoms with E-state index in [4.69, 9.17) is 5.73 Å². The first kappa shape index (κ1) is 13.6. The van der Waals surface area contributed by atoms with Crippen LogP contribution in [-0.4, -0.2) is 48.0 Å². The van der Waals surface area contributed by atoms with Crippen LogP contribution in [0.25, 0.3) is 0 Å². The second-order valence-electron chi connectivity index (χ2n) is 4.79. The van der Waals surface area contributed by atoms with Gasteiger partial charge in [0.05, 0.1) is 23.4 Å². The first-order chi connectivity index (χ1) is 9.00. The number of carbonyl (C=O) groups is 1. The number of nitrogen functional groups attached to an aromatic ring is 1. The van der Waals surface area contributed by atoms with E-state index >= 15 is 0 Å².